The zero-order valence-corrected chi connectivity index (χ0v) is 10.1. The van der Waals surface area contributed by atoms with Crippen molar-refractivity contribution in [3.63, 3.8) is 0 Å². The Hall–Kier alpha value is -1.37. The molecule has 6 nitrogen and oxygen atoms in total. The SMILES string of the molecule is CNCCC(O)C(O)c1cnc(N)c(N)c1C. The first-order chi connectivity index (χ1) is 7.99. The molecule has 2 atom stereocenters. The summed E-state index contributed by atoms with van der Waals surface area (Å²) in [4.78, 5) is 3.89. The van der Waals surface area contributed by atoms with Gasteiger partial charge in [0.05, 0.1) is 11.8 Å². The van der Waals surface area contributed by atoms with Gasteiger partial charge in [0.25, 0.3) is 0 Å². The van der Waals surface area contributed by atoms with Gasteiger partial charge in [-0.25, -0.2) is 4.98 Å². The molecule has 1 rings (SSSR count). The van der Waals surface area contributed by atoms with Crippen LogP contribution in [0.2, 0.25) is 0 Å². The first-order valence-corrected chi connectivity index (χ1v) is 5.50. The number of nitrogens with zero attached hydrogens (tertiary/aromatic N) is 1. The van der Waals surface area contributed by atoms with Crippen LogP contribution in [-0.2, 0) is 0 Å². The Morgan fingerprint density at radius 2 is 2.06 bits per heavy atom. The van der Waals surface area contributed by atoms with Crippen LogP contribution in [-0.4, -0.2) is 34.9 Å². The lowest BCUT2D eigenvalue weighted by Gasteiger charge is -2.20. The topological polar surface area (TPSA) is 117 Å². The van der Waals surface area contributed by atoms with Gasteiger partial charge in [0.1, 0.15) is 11.9 Å². The number of hydrogen-bond donors (Lipinski definition) is 5. The molecule has 96 valence electrons. The number of aliphatic hydroxyl groups excluding tert-OH is 2. The van der Waals surface area contributed by atoms with Gasteiger partial charge in [0.15, 0.2) is 0 Å². The second-order valence-electron chi connectivity index (χ2n) is 4.04. The van der Waals surface area contributed by atoms with Crippen molar-refractivity contribution in [1.82, 2.24) is 10.3 Å². The molecule has 1 aromatic rings. The van der Waals surface area contributed by atoms with Crippen LogP contribution in [0.1, 0.15) is 23.7 Å². The van der Waals surface area contributed by atoms with E-state index < -0.39 is 12.2 Å². The predicted octanol–water partition coefficient (Wildman–Crippen LogP) is -0.442. The second-order valence-corrected chi connectivity index (χ2v) is 4.04. The highest BCUT2D eigenvalue weighted by atomic mass is 16.3. The van der Waals surface area contributed by atoms with Crippen molar-refractivity contribution in [2.75, 3.05) is 25.1 Å². The number of rotatable bonds is 5. The highest BCUT2D eigenvalue weighted by molar-refractivity contribution is 5.64. The van der Waals surface area contributed by atoms with Crippen molar-refractivity contribution in [2.45, 2.75) is 25.6 Å². The minimum Gasteiger partial charge on any atom is -0.396 e. The summed E-state index contributed by atoms with van der Waals surface area (Å²) in [6.45, 7) is 2.37. The number of aromatic nitrogens is 1. The van der Waals surface area contributed by atoms with Crippen LogP contribution in [0.25, 0.3) is 0 Å². The van der Waals surface area contributed by atoms with E-state index in [-0.39, 0.29) is 5.82 Å². The third-order valence-corrected chi connectivity index (χ3v) is 2.83. The van der Waals surface area contributed by atoms with Gasteiger partial charge < -0.3 is 27.0 Å². The largest absolute Gasteiger partial charge is 0.396 e. The lowest BCUT2D eigenvalue weighted by molar-refractivity contribution is 0.0135. The van der Waals surface area contributed by atoms with Crippen LogP contribution in [0.15, 0.2) is 6.20 Å². The molecule has 0 radical (unpaired) electrons. The Morgan fingerprint density at radius 3 is 2.65 bits per heavy atom. The van der Waals surface area contributed by atoms with Gasteiger partial charge in [-0.2, -0.15) is 0 Å². The maximum Gasteiger partial charge on any atom is 0.146 e. The fraction of sp³-hybridized carbons (Fsp3) is 0.545. The van der Waals surface area contributed by atoms with E-state index in [1.165, 1.54) is 6.20 Å². The number of nitrogens with two attached hydrogens (primary N) is 2. The van der Waals surface area contributed by atoms with E-state index in [9.17, 15) is 10.2 Å². The highest BCUT2D eigenvalue weighted by Crippen LogP contribution is 2.27. The van der Waals surface area contributed by atoms with Gasteiger partial charge in [-0.15, -0.1) is 0 Å². The fourth-order valence-electron chi connectivity index (χ4n) is 1.61. The van der Waals surface area contributed by atoms with Crippen LogP contribution < -0.4 is 16.8 Å². The number of aliphatic hydroxyl groups is 2. The summed E-state index contributed by atoms with van der Waals surface area (Å²) in [6.07, 6.45) is 0.0418. The van der Waals surface area contributed by atoms with Crippen molar-refractivity contribution in [1.29, 1.82) is 0 Å². The molecule has 6 heteroatoms. The molecule has 0 spiro atoms. The molecule has 0 aromatic carbocycles. The predicted molar refractivity (Wildman–Crippen MR) is 67.3 cm³/mol. The summed E-state index contributed by atoms with van der Waals surface area (Å²) in [5.74, 6) is 0.239. The molecular formula is C11H20N4O2. The van der Waals surface area contributed by atoms with Gasteiger partial charge >= 0.3 is 0 Å². The van der Waals surface area contributed by atoms with Gasteiger partial charge in [-0.1, -0.05) is 0 Å². The zero-order chi connectivity index (χ0) is 13.0. The monoisotopic (exact) mass is 240 g/mol. The molecule has 0 saturated heterocycles. The molecule has 0 aliphatic rings. The lowest BCUT2D eigenvalue weighted by atomic mass is 9.98. The summed E-state index contributed by atoms with van der Waals surface area (Å²) in [6, 6.07) is 0. The van der Waals surface area contributed by atoms with E-state index in [0.717, 1.165) is 0 Å². The lowest BCUT2D eigenvalue weighted by Crippen LogP contribution is -2.24. The molecule has 0 saturated carbocycles. The van der Waals surface area contributed by atoms with E-state index in [0.29, 0.717) is 29.8 Å². The summed E-state index contributed by atoms with van der Waals surface area (Å²) in [5, 5.41) is 22.7. The Balaban J connectivity index is 2.89. The number of pyridine rings is 1. The smallest absolute Gasteiger partial charge is 0.146 e. The molecule has 7 N–H and O–H groups in total. The molecule has 0 aliphatic heterocycles. The second kappa shape index (κ2) is 5.81. The number of anilines is 2. The summed E-state index contributed by atoms with van der Waals surface area (Å²) in [7, 11) is 1.78. The zero-order valence-electron chi connectivity index (χ0n) is 10.1. The Morgan fingerprint density at radius 1 is 1.41 bits per heavy atom. The van der Waals surface area contributed by atoms with Gasteiger partial charge in [0.2, 0.25) is 0 Å². The van der Waals surface area contributed by atoms with Crippen LogP contribution in [0.4, 0.5) is 11.5 Å². The van der Waals surface area contributed by atoms with Crippen molar-refractivity contribution in [3.05, 3.63) is 17.3 Å². The molecule has 0 aliphatic carbocycles. The van der Waals surface area contributed by atoms with Crippen molar-refractivity contribution >= 4 is 11.5 Å². The maximum atomic E-state index is 10.00. The standard InChI is InChI=1S/C11H20N4O2/c1-6-7(5-15-11(13)9(6)12)10(17)8(16)3-4-14-2/h5,8,10,14,16-17H,3-4,12H2,1-2H3,(H2,13,15). The van der Waals surface area contributed by atoms with Crippen LogP contribution in [0, 0.1) is 6.92 Å². The average molecular weight is 240 g/mol. The molecule has 0 fully saturated rings. The Labute approximate surface area is 101 Å². The first kappa shape index (κ1) is 13.7. The minimum atomic E-state index is -1.00. The molecule has 17 heavy (non-hydrogen) atoms. The molecule has 0 bridgehead atoms. The van der Waals surface area contributed by atoms with Crippen LogP contribution in [0.5, 0.6) is 0 Å². The van der Waals surface area contributed by atoms with E-state index in [2.05, 4.69) is 10.3 Å². The normalized spacial score (nSPS) is 14.6. The van der Waals surface area contributed by atoms with E-state index >= 15 is 0 Å². The summed E-state index contributed by atoms with van der Waals surface area (Å²) < 4.78 is 0. The third kappa shape index (κ3) is 3.06. The van der Waals surface area contributed by atoms with Crippen molar-refractivity contribution in [3.8, 4) is 0 Å². The fourth-order valence-corrected chi connectivity index (χ4v) is 1.61. The van der Waals surface area contributed by atoms with Crippen LogP contribution in [0.3, 0.4) is 0 Å². The van der Waals surface area contributed by atoms with Gasteiger partial charge in [-0.3, -0.25) is 0 Å². The molecule has 2 unspecified atom stereocenters. The Bertz CT molecular complexity index is 384. The van der Waals surface area contributed by atoms with Crippen molar-refractivity contribution < 1.29 is 10.2 Å². The minimum absolute atomic E-state index is 0.239. The van der Waals surface area contributed by atoms with Crippen LogP contribution >= 0.6 is 0 Å². The van der Waals surface area contributed by atoms with E-state index in [1.807, 2.05) is 0 Å². The van der Waals surface area contributed by atoms with E-state index in [1.54, 1.807) is 14.0 Å². The molecule has 1 heterocycles. The molecule has 1 aromatic heterocycles. The van der Waals surface area contributed by atoms with Crippen molar-refractivity contribution in [2.24, 2.45) is 0 Å². The summed E-state index contributed by atoms with van der Waals surface area (Å²) >= 11 is 0. The number of nitrogens with one attached hydrogen (secondary N) is 1. The Kier molecular flexibility index (Phi) is 4.68. The van der Waals surface area contributed by atoms with Gasteiger partial charge in [-0.05, 0) is 32.5 Å². The van der Waals surface area contributed by atoms with Gasteiger partial charge in [0, 0.05) is 11.8 Å². The molecule has 0 amide bonds. The molecular weight excluding hydrogens is 220 g/mol. The summed E-state index contributed by atoms with van der Waals surface area (Å²) in [5.41, 5.74) is 12.8. The maximum absolute atomic E-state index is 10.00. The number of hydrogen-bond acceptors (Lipinski definition) is 6. The average Bonchev–Trinajstić information content (AvgIpc) is 2.32. The quantitative estimate of drug-likeness (QED) is 0.476. The highest BCUT2D eigenvalue weighted by Gasteiger charge is 2.21. The number of nitrogen functional groups attached to an aromatic ring is 2. The van der Waals surface area contributed by atoms with E-state index in [4.69, 9.17) is 11.5 Å². The third-order valence-electron chi connectivity index (χ3n) is 2.83. The first-order valence-electron chi connectivity index (χ1n) is 5.50.